The molecule has 0 aliphatic heterocycles. The lowest BCUT2D eigenvalue weighted by Gasteiger charge is -2.19. The second kappa shape index (κ2) is 11.1. The van der Waals surface area contributed by atoms with Crippen molar-refractivity contribution in [1.82, 2.24) is 20.2 Å². The van der Waals surface area contributed by atoms with Crippen LogP contribution in [0.4, 0.5) is 4.39 Å². The van der Waals surface area contributed by atoms with E-state index in [1.165, 1.54) is 12.1 Å². The lowest BCUT2D eigenvalue weighted by atomic mass is 10.1. The number of carbonyl (C=O) groups is 2. The highest BCUT2D eigenvalue weighted by Crippen LogP contribution is 2.21. The van der Waals surface area contributed by atoms with E-state index in [1.807, 2.05) is 20.0 Å². The molecule has 2 N–H and O–H groups in total. The first kappa shape index (κ1) is 23.0. The number of amides is 2. The quantitative estimate of drug-likeness (QED) is 0.475. The zero-order chi connectivity index (χ0) is 22.9. The maximum atomic E-state index is 13.8. The van der Waals surface area contributed by atoms with Crippen LogP contribution in [-0.4, -0.2) is 34.5 Å². The Morgan fingerprint density at radius 1 is 1.19 bits per heavy atom. The number of rotatable bonds is 10. The van der Waals surface area contributed by atoms with Gasteiger partial charge in [0, 0.05) is 32.4 Å². The van der Waals surface area contributed by atoms with Gasteiger partial charge in [-0.05, 0) is 43.2 Å². The summed E-state index contributed by atoms with van der Waals surface area (Å²) in [5.74, 6) is 0.278. The largest absolute Gasteiger partial charge is 0.493 e. The maximum absolute atomic E-state index is 13.8. The van der Waals surface area contributed by atoms with Crippen molar-refractivity contribution in [2.75, 3.05) is 13.2 Å². The van der Waals surface area contributed by atoms with Crippen molar-refractivity contribution in [3.8, 4) is 5.75 Å². The fraction of sp³-hybridized carbons (Fsp3) is 0.292. The molecule has 0 saturated heterocycles. The van der Waals surface area contributed by atoms with E-state index in [9.17, 15) is 14.0 Å². The number of carbonyl (C=O) groups excluding carboxylic acids is 2. The third kappa shape index (κ3) is 5.94. The van der Waals surface area contributed by atoms with Gasteiger partial charge in [0.25, 0.3) is 5.91 Å². The molecular formula is C24H27FN4O3. The van der Waals surface area contributed by atoms with E-state index >= 15 is 0 Å². The van der Waals surface area contributed by atoms with E-state index in [-0.39, 0.29) is 24.1 Å². The summed E-state index contributed by atoms with van der Waals surface area (Å²) < 4.78 is 21.0. The van der Waals surface area contributed by atoms with Gasteiger partial charge >= 0.3 is 0 Å². The average molecular weight is 439 g/mol. The molecule has 0 fully saturated rings. The number of halogens is 1. The fourth-order valence-corrected chi connectivity index (χ4v) is 3.35. The highest BCUT2D eigenvalue weighted by molar-refractivity contribution is 5.96. The molecule has 3 aromatic rings. The lowest BCUT2D eigenvalue weighted by molar-refractivity contribution is -0.121. The van der Waals surface area contributed by atoms with Crippen LogP contribution in [0.3, 0.4) is 0 Å². The molecule has 1 unspecified atom stereocenters. The minimum atomic E-state index is -0.578. The summed E-state index contributed by atoms with van der Waals surface area (Å²) >= 11 is 0. The number of imidazole rings is 1. The van der Waals surface area contributed by atoms with Gasteiger partial charge < -0.3 is 19.9 Å². The van der Waals surface area contributed by atoms with Crippen molar-refractivity contribution in [3.05, 3.63) is 83.7 Å². The highest BCUT2D eigenvalue weighted by Gasteiger charge is 2.21. The Balaban J connectivity index is 1.56. The van der Waals surface area contributed by atoms with Crippen LogP contribution in [0.1, 0.15) is 47.6 Å². The molecule has 0 spiro atoms. The molecule has 0 aliphatic carbocycles. The van der Waals surface area contributed by atoms with E-state index < -0.39 is 6.04 Å². The molecule has 1 atom stereocenters. The molecule has 0 radical (unpaired) electrons. The number of aryl methyl sites for hydroxylation is 1. The SMILES string of the molecule is CCOc1ccccc1C(=O)NCCCC(=O)NC(c1cccc(F)c1)c1nccn1C. The molecule has 7 nitrogen and oxygen atoms in total. The molecule has 32 heavy (non-hydrogen) atoms. The monoisotopic (exact) mass is 438 g/mol. The average Bonchev–Trinajstić information content (AvgIpc) is 3.21. The van der Waals surface area contributed by atoms with Crippen molar-refractivity contribution in [3.63, 3.8) is 0 Å². The number of ether oxygens (including phenoxy) is 1. The van der Waals surface area contributed by atoms with Crippen molar-refractivity contribution < 1.29 is 18.7 Å². The molecule has 1 heterocycles. The normalized spacial score (nSPS) is 11.6. The first-order valence-electron chi connectivity index (χ1n) is 10.5. The maximum Gasteiger partial charge on any atom is 0.255 e. The highest BCUT2D eigenvalue weighted by atomic mass is 19.1. The smallest absolute Gasteiger partial charge is 0.255 e. The predicted octanol–water partition coefficient (Wildman–Crippen LogP) is 3.37. The summed E-state index contributed by atoms with van der Waals surface area (Å²) in [6, 6.07) is 12.5. The van der Waals surface area contributed by atoms with Gasteiger partial charge in [-0.3, -0.25) is 9.59 Å². The Kier molecular flexibility index (Phi) is 7.96. The molecule has 168 valence electrons. The van der Waals surface area contributed by atoms with Gasteiger partial charge in [0.15, 0.2) is 0 Å². The first-order valence-corrected chi connectivity index (χ1v) is 10.5. The van der Waals surface area contributed by atoms with Gasteiger partial charge in [0.05, 0.1) is 12.2 Å². The van der Waals surface area contributed by atoms with Crippen LogP contribution >= 0.6 is 0 Å². The van der Waals surface area contributed by atoms with Gasteiger partial charge in [-0.15, -0.1) is 0 Å². The number of hydrogen-bond donors (Lipinski definition) is 2. The van der Waals surface area contributed by atoms with Gasteiger partial charge in [0.2, 0.25) is 5.91 Å². The van der Waals surface area contributed by atoms with E-state index in [0.29, 0.717) is 42.3 Å². The summed E-state index contributed by atoms with van der Waals surface area (Å²) in [7, 11) is 1.82. The lowest BCUT2D eigenvalue weighted by Crippen LogP contribution is -2.32. The van der Waals surface area contributed by atoms with Gasteiger partial charge in [-0.2, -0.15) is 0 Å². The molecule has 2 aromatic carbocycles. The summed E-state index contributed by atoms with van der Waals surface area (Å²) in [6.07, 6.45) is 4.04. The van der Waals surface area contributed by atoms with Gasteiger partial charge in [-0.25, -0.2) is 9.37 Å². The first-order chi connectivity index (χ1) is 15.5. The summed E-state index contributed by atoms with van der Waals surface area (Å²) in [6.45, 7) is 2.65. The van der Waals surface area contributed by atoms with Crippen LogP contribution < -0.4 is 15.4 Å². The minimum absolute atomic E-state index is 0.198. The molecule has 1 aromatic heterocycles. The van der Waals surface area contributed by atoms with E-state index in [2.05, 4.69) is 15.6 Å². The summed E-state index contributed by atoms with van der Waals surface area (Å²) in [5, 5.41) is 5.75. The molecule has 0 saturated carbocycles. The second-order valence-electron chi connectivity index (χ2n) is 7.24. The Hall–Kier alpha value is -3.68. The molecule has 0 bridgehead atoms. The summed E-state index contributed by atoms with van der Waals surface area (Å²) in [4.78, 5) is 29.3. The summed E-state index contributed by atoms with van der Waals surface area (Å²) in [5.41, 5.74) is 1.06. The van der Waals surface area contributed by atoms with Crippen molar-refractivity contribution in [2.45, 2.75) is 25.8 Å². The van der Waals surface area contributed by atoms with Crippen molar-refractivity contribution in [1.29, 1.82) is 0 Å². The molecule has 0 aliphatic rings. The van der Waals surface area contributed by atoms with Crippen LogP contribution in [0.2, 0.25) is 0 Å². The van der Waals surface area contributed by atoms with Crippen LogP contribution in [0.15, 0.2) is 60.9 Å². The van der Waals surface area contributed by atoms with E-state index in [1.54, 1.807) is 47.3 Å². The predicted molar refractivity (Wildman–Crippen MR) is 119 cm³/mol. The zero-order valence-electron chi connectivity index (χ0n) is 18.2. The Morgan fingerprint density at radius 2 is 2.00 bits per heavy atom. The number of para-hydroxylation sites is 1. The van der Waals surface area contributed by atoms with E-state index in [0.717, 1.165) is 0 Å². The molecular weight excluding hydrogens is 411 g/mol. The number of aromatic nitrogens is 2. The third-order valence-corrected chi connectivity index (χ3v) is 4.90. The standard InChI is InChI=1S/C24H27FN4O3/c1-3-32-20-11-5-4-10-19(20)24(31)27-13-7-12-21(30)28-22(23-26-14-15-29(23)2)17-8-6-9-18(25)16-17/h4-6,8-11,14-16,22H,3,7,12-13H2,1-2H3,(H,27,31)(H,28,30). The Labute approximate surface area is 186 Å². The van der Waals surface area contributed by atoms with Crippen LogP contribution in [0.25, 0.3) is 0 Å². The van der Waals surface area contributed by atoms with E-state index in [4.69, 9.17) is 4.74 Å². The fourth-order valence-electron chi connectivity index (χ4n) is 3.35. The van der Waals surface area contributed by atoms with Crippen LogP contribution in [0, 0.1) is 5.82 Å². The zero-order valence-corrected chi connectivity index (χ0v) is 18.2. The Morgan fingerprint density at radius 3 is 2.72 bits per heavy atom. The molecule has 8 heteroatoms. The number of benzene rings is 2. The minimum Gasteiger partial charge on any atom is -0.493 e. The number of hydrogen-bond acceptors (Lipinski definition) is 4. The second-order valence-corrected chi connectivity index (χ2v) is 7.24. The molecule has 3 rings (SSSR count). The molecule has 2 amide bonds. The van der Waals surface area contributed by atoms with Crippen molar-refractivity contribution in [2.24, 2.45) is 7.05 Å². The van der Waals surface area contributed by atoms with Gasteiger partial charge in [0.1, 0.15) is 23.4 Å². The number of nitrogens with zero attached hydrogens (tertiary/aromatic N) is 2. The topological polar surface area (TPSA) is 85.2 Å². The van der Waals surface area contributed by atoms with Crippen LogP contribution in [0.5, 0.6) is 5.75 Å². The van der Waals surface area contributed by atoms with Crippen molar-refractivity contribution >= 4 is 11.8 Å². The Bertz CT molecular complexity index is 1070. The third-order valence-electron chi connectivity index (χ3n) is 4.90. The van der Waals surface area contributed by atoms with Crippen LogP contribution in [-0.2, 0) is 11.8 Å². The number of nitrogens with one attached hydrogen (secondary N) is 2. The van der Waals surface area contributed by atoms with Gasteiger partial charge in [-0.1, -0.05) is 24.3 Å².